The van der Waals surface area contributed by atoms with Crippen LogP contribution in [0.2, 0.25) is 0 Å². The van der Waals surface area contributed by atoms with Gasteiger partial charge in [-0.3, -0.25) is 0 Å². The minimum atomic E-state index is -1.29. The number of rotatable bonds is 4. The molecule has 0 aliphatic rings. The van der Waals surface area contributed by atoms with E-state index in [1.807, 2.05) is 0 Å². The first-order valence-electron chi connectivity index (χ1n) is 2.35. The summed E-state index contributed by atoms with van der Waals surface area (Å²) in [5.41, 5.74) is 0. The normalized spacial score (nSPS) is 8.00. The molecule has 0 rings (SSSR count). The van der Waals surface area contributed by atoms with Gasteiger partial charge in [-0.2, -0.15) is 0 Å². The average molecular weight is 132 g/mol. The number of carbonyl (C=O) groups is 1. The molecule has 0 amide bonds. The third-order valence-electron chi connectivity index (χ3n) is 0.545. The lowest BCUT2D eigenvalue weighted by atomic mass is 10.8. The van der Waals surface area contributed by atoms with Gasteiger partial charge >= 0.3 is 6.16 Å². The molecule has 0 aromatic rings. The smallest absolute Gasteiger partial charge is 0.498 e. The Morgan fingerprint density at radius 1 is 1.67 bits per heavy atom. The summed E-state index contributed by atoms with van der Waals surface area (Å²) in [7, 11) is 0. The van der Waals surface area contributed by atoms with Crippen LogP contribution in [0.5, 0.6) is 0 Å². The average Bonchev–Trinajstić information content (AvgIpc) is 1.80. The Kier molecular flexibility index (Phi) is 4.30. The summed E-state index contributed by atoms with van der Waals surface area (Å²) < 4.78 is 8.65. The van der Waals surface area contributed by atoms with Crippen LogP contribution >= 0.6 is 0 Å². The summed E-state index contributed by atoms with van der Waals surface area (Å²) in [5, 5.41) is 7.91. The molecule has 0 aromatic carbocycles. The van der Waals surface area contributed by atoms with E-state index in [9.17, 15) is 4.79 Å². The number of hydrogen-bond donors (Lipinski definition) is 1. The molecule has 0 unspecified atom stereocenters. The third kappa shape index (κ3) is 6.81. The maximum absolute atomic E-state index is 9.66. The van der Waals surface area contributed by atoms with Crippen LogP contribution in [0.3, 0.4) is 0 Å². The number of ether oxygens (including phenoxy) is 2. The fraction of sp³-hybridized carbons (Fsp3) is 0.400. The van der Waals surface area contributed by atoms with E-state index in [1.54, 1.807) is 0 Å². The van der Waals surface area contributed by atoms with E-state index in [2.05, 4.69) is 16.1 Å². The van der Waals surface area contributed by atoms with Crippen molar-refractivity contribution in [1.82, 2.24) is 0 Å². The van der Waals surface area contributed by atoms with Gasteiger partial charge in [0, 0.05) is 0 Å². The maximum atomic E-state index is 9.66. The van der Waals surface area contributed by atoms with Crippen molar-refractivity contribution < 1.29 is 19.4 Å². The summed E-state index contributed by atoms with van der Waals surface area (Å²) in [6.07, 6.45) is -0.0618. The molecule has 0 saturated heterocycles. The van der Waals surface area contributed by atoms with Crippen LogP contribution in [0.1, 0.15) is 0 Å². The maximum Gasteiger partial charge on any atom is 0.505 e. The van der Waals surface area contributed by atoms with Gasteiger partial charge in [-0.1, -0.05) is 6.58 Å². The lowest BCUT2D eigenvalue weighted by molar-refractivity contribution is 0.0709. The van der Waals surface area contributed by atoms with Crippen molar-refractivity contribution in [3.05, 3.63) is 12.8 Å². The zero-order valence-electron chi connectivity index (χ0n) is 4.87. The van der Waals surface area contributed by atoms with E-state index < -0.39 is 6.16 Å². The second-order valence-corrected chi connectivity index (χ2v) is 1.15. The monoisotopic (exact) mass is 132 g/mol. The van der Waals surface area contributed by atoms with Gasteiger partial charge in [0.25, 0.3) is 0 Å². The SMILES string of the molecule is C=COCCOC(=O)O. The number of hydrogen-bond acceptors (Lipinski definition) is 3. The summed E-state index contributed by atoms with van der Waals surface area (Å²) in [6.45, 7) is 3.51. The minimum Gasteiger partial charge on any atom is -0.498 e. The predicted octanol–water partition coefficient (Wildman–Crippen LogP) is 0.841. The van der Waals surface area contributed by atoms with Crippen LogP contribution < -0.4 is 0 Å². The molecule has 0 aliphatic heterocycles. The number of carboxylic acid groups (broad SMARTS) is 1. The molecule has 52 valence electrons. The van der Waals surface area contributed by atoms with Gasteiger partial charge in [0.05, 0.1) is 6.26 Å². The standard InChI is InChI=1S/C5H8O4/c1-2-8-3-4-9-5(6)7/h2H,1,3-4H2,(H,6,7). The molecule has 1 N–H and O–H groups in total. The Balaban J connectivity index is 2.91. The Bertz CT molecular complexity index is 99.1. The molecule has 0 spiro atoms. The second-order valence-electron chi connectivity index (χ2n) is 1.15. The fourth-order valence-electron chi connectivity index (χ4n) is 0.260. The Labute approximate surface area is 52.7 Å². The van der Waals surface area contributed by atoms with Crippen LogP contribution in [0, 0.1) is 0 Å². The fourth-order valence-corrected chi connectivity index (χ4v) is 0.260. The first kappa shape index (κ1) is 7.81. The topological polar surface area (TPSA) is 55.8 Å². The van der Waals surface area contributed by atoms with Gasteiger partial charge in [-0.15, -0.1) is 0 Å². The van der Waals surface area contributed by atoms with Crippen molar-refractivity contribution in [2.45, 2.75) is 0 Å². The molecule has 0 radical (unpaired) electrons. The first-order valence-corrected chi connectivity index (χ1v) is 2.35. The van der Waals surface area contributed by atoms with Crippen molar-refractivity contribution in [1.29, 1.82) is 0 Å². The van der Waals surface area contributed by atoms with Gasteiger partial charge in [0.2, 0.25) is 0 Å². The van der Waals surface area contributed by atoms with Crippen LogP contribution in [0.4, 0.5) is 4.79 Å². The van der Waals surface area contributed by atoms with Crippen molar-refractivity contribution in [3.8, 4) is 0 Å². The highest BCUT2D eigenvalue weighted by Crippen LogP contribution is 1.78. The molecular weight excluding hydrogens is 124 g/mol. The molecule has 0 bridgehead atoms. The molecule has 9 heavy (non-hydrogen) atoms. The van der Waals surface area contributed by atoms with Crippen LogP contribution in [0.15, 0.2) is 12.8 Å². The van der Waals surface area contributed by atoms with E-state index >= 15 is 0 Å². The van der Waals surface area contributed by atoms with E-state index in [0.717, 1.165) is 0 Å². The molecule has 0 aromatic heterocycles. The summed E-state index contributed by atoms with van der Waals surface area (Å²) in [6, 6.07) is 0. The molecular formula is C5H8O4. The van der Waals surface area contributed by atoms with E-state index in [4.69, 9.17) is 5.11 Å². The minimum absolute atomic E-state index is 0.0430. The predicted molar refractivity (Wildman–Crippen MR) is 30.1 cm³/mol. The molecule has 0 fully saturated rings. The van der Waals surface area contributed by atoms with Crippen molar-refractivity contribution in [2.24, 2.45) is 0 Å². The van der Waals surface area contributed by atoms with Crippen LogP contribution in [0.25, 0.3) is 0 Å². The Morgan fingerprint density at radius 2 is 2.33 bits per heavy atom. The van der Waals surface area contributed by atoms with Crippen molar-refractivity contribution in [2.75, 3.05) is 13.2 Å². The van der Waals surface area contributed by atoms with Crippen LogP contribution in [-0.4, -0.2) is 24.5 Å². The van der Waals surface area contributed by atoms with Crippen LogP contribution in [-0.2, 0) is 9.47 Å². The largest absolute Gasteiger partial charge is 0.505 e. The van der Waals surface area contributed by atoms with E-state index in [-0.39, 0.29) is 13.2 Å². The summed E-state index contributed by atoms with van der Waals surface area (Å²) in [5.74, 6) is 0. The lowest BCUT2D eigenvalue weighted by Crippen LogP contribution is -2.05. The lowest BCUT2D eigenvalue weighted by Gasteiger charge is -1.98. The molecule has 4 nitrogen and oxygen atoms in total. The quantitative estimate of drug-likeness (QED) is 0.350. The highest BCUT2D eigenvalue weighted by molar-refractivity contribution is 5.56. The first-order chi connectivity index (χ1) is 4.27. The molecule has 0 aliphatic carbocycles. The zero-order chi connectivity index (χ0) is 7.11. The van der Waals surface area contributed by atoms with Crippen molar-refractivity contribution in [3.63, 3.8) is 0 Å². The van der Waals surface area contributed by atoms with Gasteiger partial charge in [0.15, 0.2) is 0 Å². The molecule has 4 heteroatoms. The third-order valence-corrected chi connectivity index (χ3v) is 0.545. The van der Waals surface area contributed by atoms with E-state index in [0.29, 0.717) is 0 Å². The highest BCUT2D eigenvalue weighted by atomic mass is 16.7. The van der Waals surface area contributed by atoms with Gasteiger partial charge in [-0.25, -0.2) is 4.79 Å². The van der Waals surface area contributed by atoms with Crippen molar-refractivity contribution >= 4 is 6.16 Å². The Hall–Kier alpha value is -1.19. The highest BCUT2D eigenvalue weighted by Gasteiger charge is 1.92. The molecule has 0 saturated carbocycles. The summed E-state index contributed by atoms with van der Waals surface area (Å²) in [4.78, 5) is 9.66. The molecule has 0 heterocycles. The van der Waals surface area contributed by atoms with E-state index in [1.165, 1.54) is 6.26 Å². The molecule has 0 atom stereocenters. The summed E-state index contributed by atoms with van der Waals surface area (Å²) >= 11 is 0. The van der Waals surface area contributed by atoms with Gasteiger partial charge < -0.3 is 14.6 Å². The van der Waals surface area contributed by atoms with Gasteiger partial charge in [-0.05, 0) is 0 Å². The zero-order valence-corrected chi connectivity index (χ0v) is 4.87. The Morgan fingerprint density at radius 3 is 2.78 bits per heavy atom. The van der Waals surface area contributed by atoms with Gasteiger partial charge in [0.1, 0.15) is 13.2 Å². The second kappa shape index (κ2) is 4.96.